The van der Waals surface area contributed by atoms with Gasteiger partial charge >= 0.3 is 5.97 Å². The normalized spacial score (nSPS) is 13.4. The number of benzene rings is 2. The summed E-state index contributed by atoms with van der Waals surface area (Å²) in [5.74, 6) is 1.02. The number of carbonyl (C=O) groups is 2. The van der Waals surface area contributed by atoms with Crippen LogP contribution >= 0.6 is 11.8 Å². The molecule has 130 valence electrons. The van der Waals surface area contributed by atoms with Crippen LogP contribution in [-0.2, 0) is 9.53 Å². The summed E-state index contributed by atoms with van der Waals surface area (Å²) in [5, 5.41) is 2.82. The predicted octanol–water partition coefficient (Wildman–Crippen LogP) is 3.67. The van der Waals surface area contributed by atoms with E-state index < -0.39 is 5.97 Å². The van der Waals surface area contributed by atoms with E-state index in [2.05, 4.69) is 5.32 Å². The number of aryl methyl sites for hydroxylation is 1. The number of ether oxygens (including phenoxy) is 2. The van der Waals surface area contributed by atoms with Crippen molar-refractivity contribution in [3.05, 3.63) is 53.6 Å². The Kier molecular flexibility index (Phi) is 5.60. The van der Waals surface area contributed by atoms with E-state index >= 15 is 0 Å². The van der Waals surface area contributed by atoms with Gasteiger partial charge in [-0.2, -0.15) is 0 Å². The first kappa shape index (κ1) is 17.4. The molecule has 0 bridgehead atoms. The molecule has 0 aliphatic carbocycles. The largest absolute Gasteiger partial charge is 0.490 e. The molecule has 6 heteroatoms. The van der Waals surface area contributed by atoms with E-state index in [1.54, 1.807) is 23.9 Å². The Hall–Kier alpha value is -2.47. The van der Waals surface area contributed by atoms with Crippen LogP contribution in [0.3, 0.4) is 0 Å². The Bertz CT molecular complexity index is 791. The molecule has 0 aromatic heterocycles. The molecule has 1 aliphatic heterocycles. The Balaban J connectivity index is 1.54. The lowest BCUT2D eigenvalue weighted by Gasteiger charge is -2.10. The predicted molar refractivity (Wildman–Crippen MR) is 97.4 cm³/mol. The molecule has 0 unspecified atom stereocenters. The molecule has 0 radical (unpaired) electrons. The summed E-state index contributed by atoms with van der Waals surface area (Å²) in [6.45, 7) is 2.43. The zero-order valence-electron chi connectivity index (χ0n) is 13.9. The fraction of sp³-hybridized carbons (Fsp3) is 0.263. The highest BCUT2D eigenvalue weighted by molar-refractivity contribution is 7.99. The Labute approximate surface area is 150 Å². The molecule has 1 N–H and O–H groups in total. The third-order valence-electron chi connectivity index (χ3n) is 3.65. The van der Waals surface area contributed by atoms with E-state index in [9.17, 15) is 9.59 Å². The first-order chi connectivity index (χ1) is 12.1. The lowest BCUT2D eigenvalue weighted by Crippen LogP contribution is -2.14. The third kappa shape index (κ3) is 4.76. The third-order valence-corrected chi connectivity index (χ3v) is 4.73. The van der Waals surface area contributed by atoms with Crippen LogP contribution in [0.1, 0.15) is 22.3 Å². The summed E-state index contributed by atoms with van der Waals surface area (Å²) in [6, 6.07) is 12.9. The Morgan fingerprint density at radius 1 is 1.20 bits per heavy atom. The van der Waals surface area contributed by atoms with E-state index in [0.29, 0.717) is 17.7 Å². The average molecular weight is 357 g/mol. The molecule has 1 amide bonds. The second-order valence-electron chi connectivity index (χ2n) is 5.66. The van der Waals surface area contributed by atoms with Crippen LogP contribution in [0.2, 0.25) is 0 Å². The van der Waals surface area contributed by atoms with Crippen molar-refractivity contribution in [2.24, 2.45) is 0 Å². The number of hydrogen-bond acceptors (Lipinski definition) is 5. The van der Waals surface area contributed by atoms with Crippen LogP contribution in [-0.4, -0.2) is 30.8 Å². The van der Waals surface area contributed by atoms with Crippen LogP contribution in [0.25, 0.3) is 0 Å². The summed E-state index contributed by atoms with van der Waals surface area (Å²) in [4.78, 5) is 24.8. The van der Waals surface area contributed by atoms with E-state index in [-0.39, 0.29) is 19.1 Å². The number of thioether (sulfide) groups is 1. The van der Waals surface area contributed by atoms with Crippen LogP contribution in [0.5, 0.6) is 5.75 Å². The first-order valence-corrected chi connectivity index (χ1v) is 9.04. The number of carbonyl (C=O) groups excluding carboxylic acids is 2. The number of anilines is 1. The Morgan fingerprint density at radius 3 is 2.92 bits per heavy atom. The topological polar surface area (TPSA) is 64.6 Å². The highest BCUT2D eigenvalue weighted by Crippen LogP contribution is 2.31. The first-order valence-electron chi connectivity index (χ1n) is 8.05. The number of rotatable bonds is 5. The standard InChI is InChI=1S/C19H19NO4S/c1-13-3-2-4-15(11-13)23-8-9-24-19(22)14-5-6-17-16(12-14)20-18(21)7-10-25-17/h2-6,11-12H,7-10H2,1H3,(H,20,21). The molecule has 25 heavy (non-hydrogen) atoms. The molecular weight excluding hydrogens is 338 g/mol. The second kappa shape index (κ2) is 8.07. The van der Waals surface area contributed by atoms with E-state index in [4.69, 9.17) is 9.47 Å². The van der Waals surface area contributed by atoms with E-state index in [1.165, 1.54) is 0 Å². The monoisotopic (exact) mass is 357 g/mol. The van der Waals surface area contributed by atoms with Gasteiger partial charge in [-0.15, -0.1) is 11.8 Å². The molecule has 2 aromatic carbocycles. The van der Waals surface area contributed by atoms with Crippen molar-refractivity contribution in [3.63, 3.8) is 0 Å². The maximum absolute atomic E-state index is 12.2. The fourth-order valence-electron chi connectivity index (χ4n) is 2.43. The summed E-state index contributed by atoms with van der Waals surface area (Å²) >= 11 is 1.60. The SMILES string of the molecule is Cc1cccc(OCCOC(=O)c2ccc3c(c2)NC(=O)CCS3)c1. The van der Waals surface area contributed by atoms with E-state index in [0.717, 1.165) is 22.0 Å². The maximum atomic E-state index is 12.2. The van der Waals surface area contributed by atoms with Gasteiger partial charge in [0, 0.05) is 17.1 Å². The molecule has 0 atom stereocenters. The second-order valence-corrected chi connectivity index (χ2v) is 6.80. The van der Waals surface area contributed by atoms with Gasteiger partial charge in [0.25, 0.3) is 0 Å². The van der Waals surface area contributed by atoms with Crippen molar-refractivity contribution in [1.82, 2.24) is 0 Å². The molecule has 0 saturated heterocycles. The fourth-order valence-corrected chi connectivity index (χ4v) is 3.37. The number of esters is 1. The van der Waals surface area contributed by atoms with Gasteiger partial charge in [0.15, 0.2) is 0 Å². The molecule has 0 fully saturated rings. The van der Waals surface area contributed by atoms with E-state index in [1.807, 2.05) is 37.3 Å². The van der Waals surface area contributed by atoms with Gasteiger partial charge in [-0.3, -0.25) is 4.79 Å². The molecule has 1 aliphatic rings. The van der Waals surface area contributed by atoms with Crippen molar-refractivity contribution in [1.29, 1.82) is 0 Å². The molecular formula is C19H19NO4S. The van der Waals surface area contributed by atoms with Gasteiger partial charge in [0.2, 0.25) is 5.91 Å². The van der Waals surface area contributed by atoms with Gasteiger partial charge in [-0.05, 0) is 42.8 Å². The minimum atomic E-state index is -0.431. The van der Waals surface area contributed by atoms with Crippen molar-refractivity contribution in [2.45, 2.75) is 18.2 Å². The minimum Gasteiger partial charge on any atom is -0.490 e. The highest BCUT2D eigenvalue weighted by atomic mass is 32.2. The maximum Gasteiger partial charge on any atom is 0.338 e. The smallest absolute Gasteiger partial charge is 0.338 e. The quantitative estimate of drug-likeness (QED) is 0.653. The zero-order chi connectivity index (χ0) is 17.6. The summed E-state index contributed by atoms with van der Waals surface area (Å²) in [5.41, 5.74) is 2.19. The van der Waals surface area contributed by atoms with Crippen molar-refractivity contribution in [3.8, 4) is 5.75 Å². The van der Waals surface area contributed by atoms with Crippen LogP contribution in [0, 0.1) is 6.92 Å². The number of amides is 1. The summed E-state index contributed by atoms with van der Waals surface area (Å²) in [7, 11) is 0. The molecule has 0 spiro atoms. The van der Waals surface area contributed by atoms with Crippen LogP contribution in [0.4, 0.5) is 5.69 Å². The summed E-state index contributed by atoms with van der Waals surface area (Å²) < 4.78 is 10.8. The summed E-state index contributed by atoms with van der Waals surface area (Å²) in [6.07, 6.45) is 0.468. The number of fused-ring (bicyclic) bond motifs is 1. The molecule has 0 saturated carbocycles. The van der Waals surface area contributed by atoms with Crippen LogP contribution < -0.4 is 10.1 Å². The molecule has 3 rings (SSSR count). The molecule has 2 aromatic rings. The Morgan fingerprint density at radius 2 is 2.08 bits per heavy atom. The number of hydrogen-bond donors (Lipinski definition) is 1. The van der Waals surface area contributed by atoms with Crippen molar-refractivity contribution >= 4 is 29.3 Å². The zero-order valence-corrected chi connectivity index (χ0v) is 14.7. The van der Waals surface area contributed by atoms with Crippen molar-refractivity contribution in [2.75, 3.05) is 24.3 Å². The van der Waals surface area contributed by atoms with Gasteiger partial charge < -0.3 is 14.8 Å². The highest BCUT2D eigenvalue weighted by Gasteiger charge is 2.16. The van der Waals surface area contributed by atoms with Gasteiger partial charge in [-0.1, -0.05) is 12.1 Å². The number of nitrogens with one attached hydrogen (secondary N) is 1. The minimum absolute atomic E-state index is 0.0386. The van der Waals surface area contributed by atoms with Gasteiger partial charge in [-0.25, -0.2) is 4.79 Å². The van der Waals surface area contributed by atoms with Crippen LogP contribution in [0.15, 0.2) is 47.4 Å². The van der Waals surface area contributed by atoms with Gasteiger partial charge in [0.05, 0.1) is 11.3 Å². The average Bonchev–Trinajstić information content (AvgIpc) is 2.78. The lowest BCUT2D eigenvalue weighted by atomic mass is 10.2. The molecule has 1 heterocycles. The van der Waals surface area contributed by atoms with Crippen molar-refractivity contribution < 1.29 is 19.1 Å². The van der Waals surface area contributed by atoms with Gasteiger partial charge in [0.1, 0.15) is 19.0 Å². The molecule has 5 nitrogen and oxygen atoms in total. The lowest BCUT2D eigenvalue weighted by molar-refractivity contribution is -0.115.